The van der Waals surface area contributed by atoms with E-state index in [-0.39, 0.29) is 10.7 Å². The summed E-state index contributed by atoms with van der Waals surface area (Å²) in [6.07, 6.45) is 1.42. The zero-order valence-electron chi connectivity index (χ0n) is 11.8. The Kier molecular flexibility index (Phi) is 5.12. The van der Waals surface area contributed by atoms with Crippen LogP contribution in [0.1, 0.15) is 5.56 Å². The molecule has 120 valence electrons. The van der Waals surface area contributed by atoms with E-state index in [0.717, 1.165) is 0 Å². The van der Waals surface area contributed by atoms with Crippen LogP contribution >= 0.6 is 28.1 Å². The zero-order valence-corrected chi connectivity index (χ0v) is 14.2. The van der Waals surface area contributed by atoms with Gasteiger partial charge in [-0.2, -0.15) is 0 Å². The van der Waals surface area contributed by atoms with Crippen molar-refractivity contribution in [3.63, 3.8) is 0 Å². The highest BCUT2D eigenvalue weighted by Crippen LogP contribution is 2.27. The van der Waals surface area contributed by atoms with Crippen LogP contribution in [0, 0.1) is 0 Å². The molecule has 1 saturated heterocycles. The van der Waals surface area contributed by atoms with Gasteiger partial charge in [-0.15, -0.1) is 0 Å². The quantitative estimate of drug-likeness (QED) is 0.449. The molecule has 1 aliphatic heterocycles. The number of halogens is 1. The number of carbonyl (C=O) groups excluding carboxylic acids is 2. The normalized spacial score (nSPS) is 16.5. The monoisotopic (exact) mass is 398 g/mol. The summed E-state index contributed by atoms with van der Waals surface area (Å²) in [4.78, 5) is 35.6. The third-order valence-corrected chi connectivity index (χ3v) is 3.92. The van der Waals surface area contributed by atoms with Crippen molar-refractivity contribution in [3.8, 4) is 5.75 Å². The Morgan fingerprint density at radius 2 is 2.17 bits per heavy atom. The van der Waals surface area contributed by atoms with Gasteiger partial charge in [0.15, 0.2) is 11.7 Å². The molecule has 7 nitrogen and oxygen atoms in total. The molecule has 9 heteroatoms. The van der Waals surface area contributed by atoms with E-state index in [1.54, 1.807) is 18.2 Å². The van der Waals surface area contributed by atoms with E-state index < -0.39 is 24.4 Å². The summed E-state index contributed by atoms with van der Waals surface area (Å²) in [5.74, 6) is -1.82. The van der Waals surface area contributed by atoms with Gasteiger partial charge in [-0.05, 0) is 51.9 Å². The number of aliphatic carboxylic acids is 1. The summed E-state index contributed by atoms with van der Waals surface area (Å²) in [5, 5.41) is 11.1. The number of amides is 2. The minimum atomic E-state index is -1.09. The van der Waals surface area contributed by atoms with Crippen LogP contribution in [0.4, 0.5) is 0 Å². The summed E-state index contributed by atoms with van der Waals surface area (Å²) in [7, 11) is 1.47. The summed E-state index contributed by atoms with van der Waals surface area (Å²) in [6.45, 7) is -0.470. The number of carbonyl (C=O) groups is 3. The predicted molar refractivity (Wildman–Crippen MR) is 88.8 cm³/mol. The fraction of sp³-hybridized carbons (Fsp3) is 0.143. The Morgan fingerprint density at radius 3 is 2.78 bits per heavy atom. The van der Waals surface area contributed by atoms with Gasteiger partial charge in [0.25, 0.3) is 11.8 Å². The Morgan fingerprint density at radius 1 is 1.48 bits per heavy atom. The maximum Gasteiger partial charge on any atom is 0.341 e. The van der Waals surface area contributed by atoms with Gasteiger partial charge in [0.05, 0.1) is 4.47 Å². The first-order chi connectivity index (χ1) is 10.8. The van der Waals surface area contributed by atoms with Crippen molar-refractivity contribution in [3.05, 3.63) is 33.8 Å². The number of carboxylic acids is 1. The lowest BCUT2D eigenvalue weighted by molar-refractivity contribution is -0.139. The molecule has 1 aromatic carbocycles. The molecule has 1 fully saturated rings. The number of thiocarbonyl (C=S) groups is 1. The minimum absolute atomic E-state index is 0.0489. The number of carboxylic acid groups (broad SMARTS) is 1. The second-order valence-electron chi connectivity index (χ2n) is 4.55. The molecule has 1 aliphatic rings. The summed E-state index contributed by atoms with van der Waals surface area (Å²) < 4.78 is 5.58. The van der Waals surface area contributed by atoms with Crippen LogP contribution < -0.4 is 10.1 Å². The summed E-state index contributed by atoms with van der Waals surface area (Å²) in [6, 6.07) is 4.75. The van der Waals surface area contributed by atoms with Crippen LogP contribution in [-0.4, -0.2) is 46.6 Å². The van der Waals surface area contributed by atoms with Crippen molar-refractivity contribution in [2.75, 3.05) is 13.7 Å². The van der Waals surface area contributed by atoms with Crippen LogP contribution in [0.25, 0.3) is 6.08 Å². The zero-order chi connectivity index (χ0) is 17.1. The average molecular weight is 399 g/mol. The molecule has 23 heavy (non-hydrogen) atoms. The topological polar surface area (TPSA) is 95.9 Å². The van der Waals surface area contributed by atoms with Gasteiger partial charge in [-0.1, -0.05) is 6.07 Å². The molecule has 2 amide bonds. The fourth-order valence-corrected chi connectivity index (χ4v) is 2.46. The molecule has 0 saturated carbocycles. The highest BCUT2D eigenvalue weighted by molar-refractivity contribution is 9.10. The summed E-state index contributed by atoms with van der Waals surface area (Å²) >= 11 is 8.11. The van der Waals surface area contributed by atoms with E-state index in [1.807, 2.05) is 0 Å². The molecule has 2 N–H and O–H groups in total. The van der Waals surface area contributed by atoms with Gasteiger partial charge in [-0.3, -0.25) is 19.8 Å². The maximum absolute atomic E-state index is 12.1. The van der Waals surface area contributed by atoms with Gasteiger partial charge in [0.1, 0.15) is 11.3 Å². The van der Waals surface area contributed by atoms with E-state index in [2.05, 4.69) is 21.2 Å². The van der Waals surface area contributed by atoms with Gasteiger partial charge >= 0.3 is 5.97 Å². The van der Waals surface area contributed by atoms with Crippen LogP contribution in [0.3, 0.4) is 0 Å². The van der Waals surface area contributed by atoms with E-state index in [4.69, 9.17) is 22.1 Å². The largest absolute Gasteiger partial charge is 0.481 e. The number of hydrogen-bond acceptors (Lipinski definition) is 5. The molecular weight excluding hydrogens is 388 g/mol. The molecule has 1 heterocycles. The Hall–Kier alpha value is -2.26. The molecule has 0 radical (unpaired) electrons. The number of ether oxygens (including phenoxy) is 1. The third-order valence-electron chi connectivity index (χ3n) is 2.92. The third kappa shape index (κ3) is 3.93. The van der Waals surface area contributed by atoms with Crippen molar-refractivity contribution in [1.29, 1.82) is 0 Å². The van der Waals surface area contributed by atoms with E-state index in [9.17, 15) is 14.4 Å². The number of benzene rings is 1. The first-order valence-electron chi connectivity index (χ1n) is 6.29. The number of likely N-dealkylation sites (N-methyl/N-ethyl adjacent to an activating group) is 1. The molecule has 0 aliphatic carbocycles. The van der Waals surface area contributed by atoms with Crippen molar-refractivity contribution < 1.29 is 24.2 Å². The minimum Gasteiger partial charge on any atom is -0.481 e. The molecule has 1 aromatic rings. The smallest absolute Gasteiger partial charge is 0.341 e. The van der Waals surface area contributed by atoms with Crippen molar-refractivity contribution >= 4 is 57.1 Å². The maximum atomic E-state index is 12.1. The predicted octanol–water partition coefficient (Wildman–Crippen LogP) is 1.17. The fourth-order valence-electron chi connectivity index (χ4n) is 1.78. The molecule has 0 bridgehead atoms. The Labute approximate surface area is 145 Å². The standard InChI is InChI=1S/C14H11BrN2O5S/c1-17-13(21)8(12(20)16-14(17)23)4-7-2-3-10(9(15)5-7)22-6-11(18)19/h2-5H,6H2,1H3,(H,18,19)(H,16,20,23)/b8-4+. The van der Waals surface area contributed by atoms with E-state index in [1.165, 1.54) is 18.0 Å². The number of nitrogens with zero attached hydrogens (tertiary/aromatic N) is 1. The van der Waals surface area contributed by atoms with Gasteiger partial charge in [0.2, 0.25) is 0 Å². The highest BCUT2D eigenvalue weighted by atomic mass is 79.9. The van der Waals surface area contributed by atoms with Crippen molar-refractivity contribution in [1.82, 2.24) is 10.2 Å². The van der Waals surface area contributed by atoms with Gasteiger partial charge in [-0.25, -0.2) is 4.79 Å². The molecule has 0 atom stereocenters. The van der Waals surface area contributed by atoms with Gasteiger partial charge in [0, 0.05) is 7.05 Å². The average Bonchev–Trinajstić information content (AvgIpc) is 2.48. The van der Waals surface area contributed by atoms with Gasteiger partial charge < -0.3 is 9.84 Å². The lowest BCUT2D eigenvalue weighted by Gasteiger charge is -2.25. The van der Waals surface area contributed by atoms with E-state index >= 15 is 0 Å². The summed E-state index contributed by atoms with van der Waals surface area (Å²) in [5.41, 5.74) is 0.520. The molecule has 0 unspecified atom stereocenters. The first-order valence-corrected chi connectivity index (χ1v) is 7.49. The van der Waals surface area contributed by atoms with E-state index in [0.29, 0.717) is 15.8 Å². The second-order valence-corrected chi connectivity index (χ2v) is 5.79. The van der Waals surface area contributed by atoms with Crippen LogP contribution in [-0.2, 0) is 14.4 Å². The number of hydrogen-bond donors (Lipinski definition) is 2. The van der Waals surface area contributed by atoms with Crippen LogP contribution in [0.5, 0.6) is 5.75 Å². The van der Waals surface area contributed by atoms with Crippen molar-refractivity contribution in [2.45, 2.75) is 0 Å². The van der Waals surface area contributed by atoms with Crippen molar-refractivity contribution in [2.24, 2.45) is 0 Å². The van der Waals surface area contributed by atoms with Crippen LogP contribution in [0.15, 0.2) is 28.2 Å². The Bertz CT molecular complexity index is 747. The first kappa shape index (κ1) is 17.1. The number of rotatable bonds is 4. The van der Waals surface area contributed by atoms with Crippen LogP contribution in [0.2, 0.25) is 0 Å². The lowest BCUT2D eigenvalue weighted by Crippen LogP contribution is -2.52. The molecular formula is C14H11BrN2O5S. The molecule has 0 spiro atoms. The number of nitrogens with one attached hydrogen (secondary N) is 1. The highest BCUT2D eigenvalue weighted by Gasteiger charge is 2.30. The molecule has 0 aromatic heterocycles. The second kappa shape index (κ2) is 6.88. The molecule has 2 rings (SSSR count). The Balaban J connectivity index is 2.27. The SMILES string of the molecule is CN1C(=O)/C(=C/c2ccc(OCC(=O)O)c(Br)c2)C(=O)NC1=S. The lowest BCUT2D eigenvalue weighted by atomic mass is 10.1.